The van der Waals surface area contributed by atoms with E-state index in [1.165, 1.54) is 31.4 Å². The monoisotopic (exact) mass is 369 g/mol. The minimum absolute atomic E-state index is 0.143. The van der Waals surface area contributed by atoms with Crippen molar-refractivity contribution in [2.24, 2.45) is 17.8 Å². The molecule has 2 saturated heterocycles. The van der Waals surface area contributed by atoms with Crippen molar-refractivity contribution in [1.29, 1.82) is 0 Å². The third kappa shape index (κ3) is 4.51. The predicted octanol–water partition coefficient (Wildman–Crippen LogP) is 3.52. The molecule has 3 aliphatic rings. The highest BCUT2D eigenvalue weighted by Crippen LogP contribution is 2.44. The van der Waals surface area contributed by atoms with Crippen molar-refractivity contribution in [3.63, 3.8) is 0 Å². The number of carboxylic acid groups (broad SMARTS) is 1. The maximum absolute atomic E-state index is 12.2. The van der Waals surface area contributed by atoms with E-state index >= 15 is 0 Å². The van der Waals surface area contributed by atoms with Crippen LogP contribution in [0.25, 0.3) is 0 Å². The van der Waals surface area contributed by atoms with Gasteiger partial charge in [-0.15, -0.1) is 11.8 Å². The molecule has 6 heteroatoms. The van der Waals surface area contributed by atoms with E-state index in [0.29, 0.717) is 11.2 Å². The van der Waals surface area contributed by atoms with E-state index in [1.807, 2.05) is 17.8 Å². The molecule has 4 atom stereocenters. The van der Waals surface area contributed by atoms with Crippen LogP contribution in [0.4, 0.5) is 0 Å². The maximum Gasteiger partial charge on any atom is 0.309 e. The van der Waals surface area contributed by atoms with Gasteiger partial charge in [0.1, 0.15) is 0 Å². The molecule has 0 aromatic heterocycles. The van der Waals surface area contributed by atoms with Crippen LogP contribution in [0.15, 0.2) is 12.2 Å². The van der Waals surface area contributed by atoms with Crippen LogP contribution in [0, 0.1) is 17.8 Å². The number of thioether (sulfide) groups is 2. The van der Waals surface area contributed by atoms with Gasteiger partial charge in [0.25, 0.3) is 0 Å². The molecule has 4 nitrogen and oxygen atoms in total. The van der Waals surface area contributed by atoms with Crippen LogP contribution in [-0.2, 0) is 9.59 Å². The molecule has 1 amide bonds. The number of hydrogen-bond donors (Lipinski definition) is 2. The van der Waals surface area contributed by atoms with Crippen LogP contribution in [0.1, 0.15) is 44.9 Å². The van der Waals surface area contributed by atoms with Crippen molar-refractivity contribution >= 4 is 35.4 Å². The van der Waals surface area contributed by atoms with E-state index in [9.17, 15) is 14.7 Å². The highest BCUT2D eigenvalue weighted by molar-refractivity contribution is 8.00. The molecule has 1 aliphatic carbocycles. The molecule has 0 radical (unpaired) electrons. The molecule has 2 heterocycles. The van der Waals surface area contributed by atoms with Gasteiger partial charge in [-0.1, -0.05) is 38.2 Å². The molecule has 0 aromatic rings. The molecule has 3 rings (SSSR count). The lowest BCUT2D eigenvalue weighted by atomic mass is 9.75. The van der Waals surface area contributed by atoms with Crippen LogP contribution >= 0.6 is 23.5 Å². The van der Waals surface area contributed by atoms with Gasteiger partial charge in [0.2, 0.25) is 5.91 Å². The lowest BCUT2D eigenvalue weighted by Crippen LogP contribution is -2.41. The highest BCUT2D eigenvalue weighted by Gasteiger charge is 2.45. The largest absolute Gasteiger partial charge is 0.481 e. The Morgan fingerprint density at radius 1 is 1.04 bits per heavy atom. The summed E-state index contributed by atoms with van der Waals surface area (Å²) in [5, 5.41) is 12.8. The number of aliphatic carboxylic acids is 1. The Morgan fingerprint density at radius 2 is 1.83 bits per heavy atom. The fraction of sp³-hybridized carbons (Fsp3) is 0.778. The van der Waals surface area contributed by atoms with Gasteiger partial charge in [0.05, 0.1) is 11.3 Å². The van der Waals surface area contributed by atoms with Crippen molar-refractivity contribution in [2.75, 3.05) is 11.5 Å². The van der Waals surface area contributed by atoms with Gasteiger partial charge in [-0.2, -0.15) is 11.8 Å². The Bertz CT molecular complexity index is 485. The molecule has 0 aromatic carbocycles. The Balaban J connectivity index is 1.57. The van der Waals surface area contributed by atoms with E-state index in [4.69, 9.17) is 0 Å². The second-order valence-corrected chi connectivity index (χ2v) is 9.62. The molecule has 3 fully saturated rings. The van der Waals surface area contributed by atoms with E-state index in [1.54, 1.807) is 17.8 Å². The summed E-state index contributed by atoms with van der Waals surface area (Å²) in [7, 11) is 0. The van der Waals surface area contributed by atoms with Crippen LogP contribution in [-0.4, -0.2) is 39.1 Å². The summed E-state index contributed by atoms with van der Waals surface area (Å²) in [5.74, 6) is 1.39. The number of carbonyl (C=O) groups is 2. The second-order valence-electron chi connectivity index (χ2n) is 7.10. The number of hydrogen-bond acceptors (Lipinski definition) is 4. The first kappa shape index (κ1) is 18.2. The molecular formula is C18H27NO3S2. The molecular weight excluding hydrogens is 342 g/mol. The molecule has 2 aliphatic heterocycles. The predicted molar refractivity (Wildman–Crippen MR) is 100 cm³/mol. The van der Waals surface area contributed by atoms with E-state index in [2.05, 4.69) is 5.32 Å². The summed E-state index contributed by atoms with van der Waals surface area (Å²) >= 11 is 3.50. The first-order chi connectivity index (χ1) is 11.6. The Hall–Kier alpha value is -0.620. The van der Waals surface area contributed by atoms with Crippen LogP contribution in [0.3, 0.4) is 0 Å². The summed E-state index contributed by atoms with van der Waals surface area (Å²) in [6, 6.07) is 0. The van der Waals surface area contributed by atoms with Gasteiger partial charge in [-0.05, 0) is 36.2 Å². The Morgan fingerprint density at radius 3 is 2.50 bits per heavy atom. The zero-order valence-electron chi connectivity index (χ0n) is 14.0. The van der Waals surface area contributed by atoms with Gasteiger partial charge in [-0.3, -0.25) is 9.59 Å². The Labute approximate surface area is 152 Å². The van der Waals surface area contributed by atoms with E-state index in [-0.39, 0.29) is 17.2 Å². The Kier molecular flexibility index (Phi) is 6.56. The topological polar surface area (TPSA) is 66.4 Å². The summed E-state index contributed by atoms with van der Waals surface area (Å²) in [5.41, 5.74) is 0. The van der Waals surface area contributed by atoms with Crippen molar-refractivity contribution < 1.29 is 14.7 Å². The normalized spacial score (nSPS) is 34.7. The van der Waals surface area contributed by atoms with Crippen molar-refractivity contribution in [2.45, 2.75) is 55.6 Å². The SMILES string of the molecule is O=C(/C=C/C1CCCS1)NC1SCC(C2CCCCC2)C1C(=O)O. The average molecular weight is 370 g/mol. The second kappa shape index (κ2) is 8.65. The van der Waals surface area contributed by atoms with Gasteiger partial charge in [-0.25, -0.2) is 0 Å². The molecule has 24 heavy (non-hydrogen) atoms. The van der Waals surface area contributed by atoms with Gasteiger partial charge >= 0.3 is 5.97 Å². The molecule has 134 valence electrons. The van der Waals surface area contributed by atoms with Crippen LogP contribution in [0.5, 0.6) is 0 Å². The first-order valence-electron chi connectivity index (χ1n) is 9.10. The number of rotatable bonds is 5. The van der Waals surface area contributed by atoms with Crippen molar-refractivity contribution in [3.05, 3.63) is 12.2 Å². The lowest BCUT2D eigenvalue weighted by Gasteiger charge is -2.30. The van der Waals surface area contributed by atoms with Crippen molar-refractivity contribution in [1.82, 2.24) is 5.32 Å². The molecule has 0 bridgehead atoms. The third-order valence-electron chi connectivity index (χ3n) is 5.51. The van der Waals surface area contributed by atoms with Gasteiger partial charge < -0.3 is 10.4 Å². The number of nitrogens with one attached hydrogen (secondary N) is 1. The van der Waals surface area contributed by atoms with Gasteiger partial charge in [0.15, 0.2) is 0 Å². The molecule has 2 N–H and O–H groups in total. The third-order valence-corrected chi connectivity index (χ3v) is 8.20. The average Bonchev–Trinajstić information content (AvgIpc) is 3.23. The van der Waals surface area contributed by atoms with Gasteiger partial charge in [0, 0.05) is 11.3 Å². The van der Waals surface area contributed by atoms with E-state index in [0.717, 1.165) is 25.0 Å². The zero-order chi connectivity index (χ0) is 16.9. The van der Waals surface area contributed by atoms with Crippen molar-refractivity contribution in [3.8, 4) is 0 Å². The minimum Gasteiger partial charge on any atom is -0.481 e. The minimum atomic E-state index is -0.754. The smallest absolute Gasteiger partial charge is 0.309 e. The maximum atomic E-state index is 12.2. The summed E-state index contributed by atoms with van der Waals surface area (Å²) in [4.78, 5) is 24.0. The fourth-order valence-electron chi connectivity index (χ4n) is 4.22. The van der Waals surface area contributed by atoms with E-state index < -0.39 is 11.9 Å². The zero-order valence-corrected chi connectivity index (χ0v) is 15.6. The standard InChI is InChI=1S/C18H27NO3S2/c20-15(9-8-13-7-4-10-23-13)19-17-16(18(21)22)14(11-24-17)12-5-2-1-3-6-12/h8-9,12-14,16-17H,1-7,10-11H2,(H,19,20)(H,21,22)/b9-8+. The summed E-state index contributed by atoms with van der Waals surface area (Å²) in [6.07, 6.45) is 11.9. The number of carbonyl (C=O) groups excluding carboxylic acids is 1. The van der Waals surface area contributed by atoms with Crippen LogP contribution < -0.4 is 5.32 Å². The quantitative estimate of drug-likeness (QED) is 0.726. The molecule has 0 spiro atoms. The van der Waals surface area contributed by atoms with Crippen LogP contribution in [0.2, 0.25) is 0 Å². The molecule has 4 unspecified atom stereocenters. The summed E-state index contributed by atoms with van der Waals surface area (Å²) < 4.78 is 0. The number of amides is 1. The first-order valence-corrected chi connectivity index (χ1v) is 11.2. The fourth-order valence-corrected chi connectivity index (χ4v) is 7.01. The summed E-state index contributed by atoms with van der Waals surface area (Å²) in [6.45, 7) is 0. The molecule has 1 saturated carbocycles. The highest BCUT2D eigenvalue weighted by atomic mass is 32.2. The number of carboxylic acids is 1. The lowest BCUT2D eigenvalue weighted by molar-refractivity contribution is -0.144.